The SMILES string of the molecule is CCC1(COC=C2CCCCC2)CCCCO1. The lowest BCUT2D eigenvalue weighted by molar-refractivity contribution is -0.111. The summed E-state index contributed by atoms with van der Waals surface area (Å²) in [5.41, 5.74) is 1.50. The zero-order valence-corrected chi connectivity index (χ0v) is 11.2. The molecule has 1 saturated heterocycles. The molecule has 0 aromatic heterocycles. The molecule has 0 amide bonds. The van der Waals surface area contributed by atoms with Crippen LogP contribution >= 0.6 is 0 Å². The van der Waals surface area contributed by atoms with Crippen LogP contribution in [0.1, 0.15) is 64.7 Å². The molecular weight excluding hydrogens is 212 g/mol. The number of rotatable bonds is 4. The first kappa shape index (κ1) is 12.9. The summed E-state index contributed by atoms with van der Waals surface area (Å²) in [5, 5.41) is 0. The van der Waals surface area contributed by atoms with E-state index in [1.54, 1.807) is 0 Å². The topological polar surface area (TPSA) is 18.5 Å². The first-order chi connectivity index (χ1) is 8.35. The van der Waals surface area contributed by atoms with Gasteiger partial charge in [0.1, 0.15) is 12.2 Å². The predicted octanol–water partition coefficient (Wildman–Crippen LogP) is 4.20. The quantitative estimate of drug-likeness (QED) is 0.683. The van der Waals surface area contributed by atoms with Crippen LogP contribution in [0.5, 0.6) is 0 Å². The zero-order chi connectivity index (χ0) is 12.0. The summed E-state index contributed by atoms with van der Waals surface area (Å²) < 4.78 is 11.8. The summed E-state index contributed by atoms with van der Waals surface area (Å²) in [6.07, 6.45) is 13.3. The highest BCUT2D eigenvalue weighted by Crippen LogP contribution is 2.29. The van der Waals surface area contributed by atoms with Crippen LogP contribution in [0.3, 0.4) is 0 Å². The molecule has 2 heteroatoms. The van der Waals surface area contributed by atoms with E-state index in [0.29, 0.717) is 0 Å². The Bertz CT molecular complexity index is 244. The van der Waals surface area contributed by atoms with Crippen LogP contribution in [-0.2, 0) is 9.47 Å². The summed E-state index contributed by atoms with van der Waals surface area (Å²) in [4.78, 5) is 0. The van der Waals surface area contributed by atoms with Gasteiger partial charge in [0.15, 0.2) is 0 Å². The molecule has 0 spiro atoms. The molecule has 1 saturated carbocycles. The Balaban J connectivity index is 1.78. The van der Waals surface area contributed by atoms with Crippen LogP contribution < -0.4 is 0 Å². The Labute approximate surface area is 105 Å². The minimum absolute atomic E-state index is 0.00395. The van der Waals surface area contributed by atoms with E-state index in [1.807, 2.05) is 6.26 Å². The maximum Gasteiger partial charge on any atom is 0.116 e. The Hall–Kier alpha value is -0.500. The Morgan fingerprint density at radius 3 is 2.65 bits per heavy atom. The third-order valence-corrected chi connectivity index (χ3v) is 4.17. The Morgan fingerprint density at radius 1 is 1.18 bits per heavy atom. The Morgan fingerprint density at radius 2 is 2.00 bits per heavy atom. The molecule has 0 bridgehead atoms. The highest BCUT2D eigenvalue weighted by atomic mass is 16.5. The molecule has 2 nitrogen and oxygen atoms in total. The van der Waals surface area contributed by atoms with Gasteiger partial charge in [-0.05, 0) is 56.9 Å². The van der Waals surface area contributed by atoms with E-state index in [1.165, 1.54) is 50.5 Å². The number of ether oxygens (including phenoxy) is 2. The maximum absolute atomic E-state index is 5.95. The van der Waals surface area contributed by atoms with Crippen LogP contribution in [0, 0.1) is 0 Å². The fraction of sp³-hybridized carbons (Fsp3) is 0.867. The summed E-state index contributed by atoms with van der Waals surface area (Å²) in [6, 6.07) is 0. The standard InChI is InChI=1S/C15H26O2/c1-2-15(10-6-7-11-17-15)13-16-12-14-8-4-3-5-9-14/h12H,2-11,13H2,1H3. The van der Waals surface area contributed by atoms with Crippen molar-refractivity contribution >= 4 is 0 Å². The second-order valence-corrected chi connectivity index (χ2v) is 5.49. The molecule has 1 unspecified atom stereocenters. The smallest absolute Gasteiger partial charge is 0.116 e. The average Bonchev–Trinajstić information content (AvgIpc) is 2.41. The molecule has 0 aromatic carbocycles. The molecule has 1 aliphatic carbocycles. The first-order valence-corrected chi connectivity index (χ1v) is 7.28. The van der Waals surface area contributed by atoms with Crippen molar-refractivity contribution in [3.05, 3.63) is 11.8 Å². The number of allylic oxidation sites excluding steroid dienone is 1. The molecule has 0 radical (unpaired) electrons. The number of hydrogen-bond acceptors (Lipinski definition) is 2. The van der Waals surface area contributed by atoms with Gasteiger partial charge < -0.3 is 9.47 Å². The lowest BCUT2D eigenvalue weighted by atomic mass is 9.92. The van der Waals surface area contributed by atoms with Crippen LogP contribution in [-0.4, -0.2) is 18.8 Å². The fourth-order valence-corrected chi connectivity index (χ4v) is 2.84. The van der Waals surface area contributed by atoms with Crippen molar-refractivity contribution in [3.8, 4) is 0 Å². The van der Waals surface area contributed by atoms with Crippen molar-refractivity contribution in [3.63, 3.8) is 0 Å². The maximum atomic E-state index is 5.95. The monoisotopic (exact) mass is 238 g/mol. The van der Waals surface area contributed by atoms with Gasteiger partial charge in [0, 0.05) is 6.61 Å². The lowest BCUT2D eigenvalue weighted by Gasteiger charge is -2.36. The molecule has 2 fully saturated rings. The van der Waals surface area contributed by atoms with E-state index in [2.05, 4.69) is 6.92 Å². The molecule has 0 N–H and O–H groups in total. The van der Waals surface area contributed by atoms with E-state index in [4.69, 9.17) is 9.47 Å². The van der Waals surface area contributed by atoms with Gasteiger partial charge in [-0.25, -0.2) is 0 Å². The molecule has 2 rings (SSSR count). The third-order valence-electron chi connectivity index (χ3n) is 4.17. The molecule has 98 valence electrons. The van der Waals surface area contributed by atoms with Gasteiger partial charge >= 0.3 is 0 Å². The van der Waals surface area contributed by atoms with E-state index in [-0.39, 0.29) is 5.60 Å². The van der Waals surface area contributed by atoms with Crippen molar-refractivity contribution in [1.29, 1.82) is 0 Å². The molecule has 1 aliphatic heterocycles. The summed E-state index contributed by atoms with van der Waals surface area (Å²) in [7, 11) is 0. The van der Waals surface area contributed by atoms with Gasteiger partial charge in [-0.1, -0.05) is 13.3 Å². The second-order valence-electron chi connectivity index (χ2n) is 5.49. The summed E-state index contributed by atoms with van der Waals surface area (Å²) in [5.74, 6) is 0. The summed E-state index contributed by atoms with van der Waals surface area (Å²) >= 11 is 0. The van der Waals surface area contributed by atoms with Gasteiger partial charge in [0.2, 0.25) is 0 Å². The lowest BCUT2D eigenvalue weighted by Crippen LogP contribution is -2.39. The predicted molar refractivity (Wildman–Crippen MR) is 69.9 cm³/mol. The van der Waals surface area contributed by atoms with E-state index in [0.717, 1.165) is 26.1 Å². The van der Waals surface area contributed by atoms with Gasteiger partial charge in [0.05, 0.1) is 6.26 Å². The van der Waals surface area contributed by atoms with Gasteiger partial charge in [-0.3, -0.25) is 0 Å². The van der Waals surface area contributed by atoms with E-state index >= 15 is 0 Å². The van der Waals surface area contributed by atoms with Crippen molar-refractivity contribution in [2.75, 3.05) is 13.2 Å². The second kappa shape index (κ2) is 6.44. The molecule has 17 heavy (non-hydrogen) atoms. The average molecular weight is 238 g/mol. The van der Waals surface area contributed by atoms with E-state index < -0.39 is 0 Å². The minimum Gasteiger partial charge on any atom is -0.498 e. The van der Waals surface area contributed by atoms with Gasteiger partial charge in [-0.2, -0.15) is 0 Å². The van der Waals surface area contributed by atoms with Crippen LogP contribution in [0.2, 0.25) is 0 Å². The van der Waals surface area contributed by atoms with Crippen molar-refractivity contribution in [2.24, 2.45) is 0 Å². The highest BCUT2D eigenvalue weighted by Gasteiger charge is 2.31. The largest absolute Gasteiger partial charge is 0.498 e. The van der Waals surface area contributed by atoms with Crippen LogP contribution in [0.15, 0.2) is 11.8 Å². The summed E-state index contributed by atoms with van der Waals surface area (Å²) in [6.45, 7) is 3.86. The van der Waals surface area contributed by atoms with Crippen LogP contribution in [0.4, 0.5) is 0 Å². The van der Waals surface area contributed by atoms with Crippen molar-refractivity contribution in [2.45, 2.75) is 70.3 Å². The minimum atomic E-state index is 0.00395. The molecule has 2 aliphatic rings. The number of hydrogen-bond donors (Lipinski definition) is 0. The van der Waals surface area contributed by atoms with Crippen molar-refractivity contribution in [1.82, 2.24) is 0 Å². The molecular formula is C15H26O2. The third kappa shape index (κ3) is 3.74. The zero-order valence-electron chi connectivity index (χ0n) is 11.2. The van der Waals surface area contributed by atoms with E-state index in [9.17, 15) is 0 Å². The molecule has 1 atom stereocenters. The van der Waals surface area contributed by atoms with Crippen molar-refractivity contribution < 1.29 is 9.47 Å². The van der Waals surface area contributed by atoms with Gasteiger partial charge in [-0.15, -0.1) is 0 Å². The molecule has 0 aromatic rings. The van der Waals surface area contributed by atoms with Crippen LogP contribution in [0.25, 0.3) is 0 Å². The normalized spacial score (nSPS) is 30.1. The Kier molecular flexibility index (Phi) is 4.90. The first-order valence-electron chi connectivity index (χ1n) is 7.28. The highest BCUT2D eigenvalue weighted by molar-refractivity contribution is 5.00. The fourth-order valence-electron chi connectivity index (χ4n) is 2.84. The van der Waals surface area contributed by atoms with Gasteiger partial charge in [0.25, 0.3) is 0 Å². The molecule has 1 heterocycles.